The first-order valence-electron chi connectivity index (χ1n) is 10.9. The third-order valence-corrected chi connectivity index (χ3v) is 5.85. The molecular formula is C22H35FN4O3. The van der Waals surface area contributed by atoms with Crippen molar-refractivity contribution in [1.29, 1.82) is 0 Å². The van der Waals surface area contributed by atoms with E-state index in [0.717, 1.165) is 50.5 Å². The second-order valence-electron chi connectivity index (χ2n) is 8.20. The zero-order valence-electron chi connectivity index (χ0n) is 18.1. The number of rotatable bonds is 7. The van der Waals surface area contributed by atoms with Gasteiger partial charge in [0, 0.05) is 58.3 Å². The number of nitrogens with one attached hydrogen (secondary N) is 2. The molecular weight excluding hydrogens is 387 g/mol. The van der Waals surface area contributed by atoms with Crippen molar-refractivity contribution in [3.63, 3.8) is 0 Å². The Morgan fingerprint density at radius 1 is 1.33 bits per heavy atom. The van der Waals surface area contributed by atoms with Crippen LogP contribution in [-0.4, -0.2) is 74.1 Å². The summed E-state index contributed by atoms with van der Waals surface area (Å²) in [6.07, 6.45) is 3.23. The maximum absolute atomic E-state index is 13.9. The zero-order chi connectivity index (χ0) is 21.4. The van der Waals surface area contributed by atoms with Crippen LogP contribution in [0.15, 0.2) is 23.2 Å². The van der Waals surface area contributed by atoms with Gasteiger partial charge in [-0.1, -0.05) is 6.07 Å². The van der Waals surface area contributed by atoms with E-state index in [1.165, 1.54) is 7.11 Å². The molecule has 2 aliphatic heterocycles. The topological polar surface area (TPSA) is 78.4 Å². The van der Waals surface area contributed by atoms with Crippen molar-refractivity contribution in [1.82, 2.24) is 15.5 Å². The maximum Gasteiger partial charge on any atom is 0.191 e. The van der Waals surface area contributed by atoms with Crippen molar-refractivity contribution in [3.8, 4) is 5.75 Å². The number of benzene rings is 1. The molecule has 3 rings (SSSR count). The number of ether oxygens (including phenoxy) is 2. The first-order chi connectivity index (χ1) is 14.5. The normalized spacial score (nSPS) is 20.7. The molecule has 0 bridgehead atoms. The van der Waals surface area contributed by atoms with Crippen LogP contribution >= 0.6 is 0 Å². The molecule has 1 aromatic rings. The Labute approximate surface area is 178 Å². The highest BCUT2D eigenvalue weighted by molar-refractivity contribution is 5.80. The molecule has 0 radical (unpaired) electrons. The number of halogens is 1. The van der Waals surface area contributed by atoms with E-state index in [9.17, 15) is 9.50 Å². The number of hydrogen-bond acceptors (Lipinski definition) is 5. The largest absolute Gasteiger partial charge is 0.494 e. The maximum atomic E-state index is 13.9. The monoisotopic (exact) mass is 422 g/mol. The lowest BCUT2D eigenvalue weighted by Crippen LogP contribution is -2.49. The van der Waals surface area contributed by atoms with Gasteiger partial charge in [-0.2, -0.15) is 0 Å². The van der Waals surface area contributed by atoms with Gasteiger partial charge < -0.3 is 25.2 Å². The lowest BCUT2D eigenvalue weighted by molar-refractivity contribution is -0.0566. The van der Waals surface area contributed by atoms with Crippen LogP contribution in [0.4, 0.5) is 4.39 Å². The molecule has 168 valence electrons. The minimum atomic E-state index is -0.766. The Hall–Kier alpha value is -1.90. The smallest absolute Gasteiger partial charge is 0.191 e. The molecule has 0 spiro atoms. The lowest BCUT2D eigenvalue weighted by Gasteiger charge is -2.34. The van der Waals surface area contributed by atoms with Crippen LogP contribution in [0, 0.1) is 5.82 Å². The number of piperidine rings is 1. The molecule has 2 fully saturated rings. The summed E-state index contributed by atoms with van der Waals surface area (Å²) in [7, 11) is 1.48. The van der Waals surface area contributed by atoms with Crippen molar-refractivity contribution in [2.75, 3.05) is 46.5 Å². The van der Waals surface area contributed by atoms with Crippen LogP contribution in [0.2, 0.25) is 0 Å². The van der Waals surface area contributed by atoms with E-state index in [-0.39, 0.29) is 11.6 Å². The first kappa shape index (κ1) is 22.8. The second kappa shape index (κ2) is 10.9. The van der Waals surface area contributed by atoms with Gasteiger partial charge in [-0.25, -0.2) is 4.39 Å². The summed E-state index contributed by atoms with van der Waals surface area (Å²) in [5.41, 5.74) is 0.191. The lowest BCUT2D eigenvalue weighted by atomic mass is 9.95. The summed E-state index contributed by atoms with van der Waals surface area (Å²) < 4.78 is 24.2. The van der Waals surface area contributed by atoms with Gasteiger partial charge in [0.05, 0.1) is 19.3 Å². The molecule has 0 amide bonds. The second-order valence-corrected chi connectivity index (χ2v) is 8.20. The van der Waals surface area contributed by atoms with E-state index in [1.54, 1.807) is 12.1 Å². The highest BCUT2D eigenvalue weighted by atomic mass is 19.1. The minimum Gasteiger partial charge on any atom is -0.494 e. The highest BCUT2D eigenvalue weighted by Crippen LogP contribution is 2.21. The Balaban J connectivity index is 1.48. The van der Waals surface area contributed by atoms with Crippen LogP contribution in [0.5, 0.6) is 5.75 Å². The fourth-order valence-corrected chi connectivity index (χ4v) is 3.95. The Morgan fingerprint density at radius 3 is 2.70 bits per heavy atom. The van der Waals surface area contributed by atoms with Crippen LogP contribution in [0.3, 0.4) is 0 Å². The predicted octanol–water partition coefficient (Wildman–Crippen LogP) is 1.90. The number of hydrogen-bond donors (Lipinski definition) is 3. The number of aliphatic hydroxyl groups is 1. The number of guanidine groups is 1. The van der Waals surface area contributed by atoms with Crippen LogP contribution in [0.1, 0.15) is 38.2 Å². The Kier molecular flexibility index (Phi) is 8.30. The molecule has 3 N–H and O–H groups in total. The minimum absolute atomic E-state index is 0.280. The molecule has 0 atom stereocenters. The molecule has 0 aliphatic carbocycles. The Bertz CT molecular complexity index is 702. The van der Waals surface area contributed by atoms with Gasteiger partial charge in [-0.15, -0.1) is 0 Å². The summed E-state index contributed by atoms with van der Waals surface area (Å²) in [6.45, 7) is 6.98. The van der Waals surface area contributed by atoms with E-state index in [4.69, 9.17) is 9.47 Å². The molecule has 2 aliphatic rings. The van der Waals surface area contributed by atoms with Crippen LogP contribution in [0.25, 0.3) is 0 Å². The number of likely N-dealkylation sites (tertiary alicyclic amines) is 1. The van der Waals surface area contributed by atoms with Gasteiger partial charge in [0.1, 0.15) is 0 Å². The molecule has 7 nitrogen and oxygen atoms in total. The molecule has 30 heavy (non-hydrogen) atoms. The number of methoxy groups -OCH3 is 1. The van der Waals surface area contributed by atoms with Crippen molar-refractivity contribution in [2.45, 2.75) is 50.8 Å². The molecule has 2 saturated heterocycles. The summed E-state index contributed by atoms with van der Waals surface area (Å²) in [5, 5.41) is 17.4. The molecule has 0 aromatic heterocycles. The highest BCUT2D eigenvalue weighted by Gasteiger charge is 2.30. The van der Waals surface area contributed by atoms with E-state index < -0.39 is 5.60 Å². The van der Waals surface area contributed by atoms with Crippen LogP contribution in [-0.2, 0) is 11.3 Å². The van der Waals surface area contributed by atoms with Crippen molar-refractivity contribution < 1.29 is 19.0 Å². The number of aliphatic imine (C=N–C) groups is 1. The van der Waals surface area contributed by atoms with Gasteiger partial charge in [0.2, 0.25) is 0 Å². The van der Waals surface area contributed by atoms with Crippen molar-refractivity contribution in [2.24, 2.45) is 4.99 Å². The quantitative estimate of drug-likeness (QED) is 0.460. The molecule has 0 saturated carbocycles. The van der Waals surface area contributed by atoms with E-state index in [2.05, 4.69) is 20.5 Å². The van der Waals surface area contributed by atoms with Crippen LogP contribution < -0.4 is 15.4 Å². The van der Waals surface area contributed by atoms with E-state index in [0.29, 0.717) is 38.6 Å². The fraction of sp³-hybridized carbons (Fsp3) is 0.682. The average molecular weight is 423 g/mol. The summed E-state index contributed by atoms with van der Waals surface area (Å²) >= 11 is 0. The number of nitrogens with zero attached hydrogens (tertiary/aromatic N) is 2. The summed E-state index contributed by atoms with van der Waals surface area (Å²) in [5.74, 6) is 0.722. The standard InChI is InChI=1S/C22H35FN4O3/c1-3-24-21(25-16-22(28)8-12-30-13-9-22)26-18-6-10-27(11-7-18)15-17-4-5-20(29-2)19(23)14-17/h4-5,14,18,28H,3,6-13,15-16H2,1-2H3,(H2,24,25,26). The average Bonchev–Trinajstić information content (AvgIpc) is 2.74. The molecule has 0 unspecified atom stereocenters. The van der Waals surface area contributed by atoms with Gasteiger partial charge in [-0.3, -0.25) is 9.89 Å². The van der Waals surface area contributed by atoms with E-state index in [1.807, 2.05) is 13.0 Å². The Morgan fingerprint density at radius 2 is 2.07 bits per heavy atom. The van der Waals surface area contributed by atoms with Crippen molar-refractivity contribution in [3.05, 3.63) is 29.6 Å². The van der Waals surface area contributed by atoms with Gasteiger partial charge in [0.25, 0.3) is 0 Å². The first-order valence-corrected chi connectivity index (χ1v) is 10.9. The van der Waals surface area contributed by atoms with E-state index >= 15 is 0 Å². The third kappa shape index (κ3) is 6.55. The van der Waals surface area contributed by atoms with Crippen molar-refractivity contribution >= 4 is 5.96 Å². The molecule has 8 heteroatoms. The summed E-state index contributed by atoms with van der Waals surface area (Å²) in [6, 6.07) is 5.49. The zero-order valence-corrected chi connectivity index (χ0v) is 18.1. The van der Waals surface area contributed by atoms with Gasteiger partial charge >= 0.3 is 0 Å². The summed E-state index contributed by atoms with van der Waals surface area (Å²) in [4.78, 5) is 6.98. The fourth-order valence-electron chi connectivity index (χ4n) is 3.95. The SMILES string of the molecule is CCNC(=NCC1(O)CCOCC1)NC1CCN(Cc2ccc(OC)c(F)c2)CC1. The molecule has 1 aromatic carbocycles. The van der Waals surface area contributed by atoms with Gasteiger partial charge in [0.15, 0.2) is 17.5 Å². The molecule has 2 heterocycles. The van der Waals surface area contributed by atoms with Gasteiger partial charge in [-0.05, 0) is 37.5 Å². The predicted molar refractivity (Wildman–Crippen MR) is 115 cm³/mol. The third-order valence-electron chi connectivity index (χ3n) is 5.85.